The normalized spacial score (nSPS) is 12.0. The van der Waals surface area contributed by atoms with Crippen LogP contribution >= 0.6 is 12.4 Å². The van der Waals surface area contributed by atoms with Gasteiger partial charge in [-0.3, -0.25) is 0 Å². The fraction of sp³-hybridized carbons (Fsp3) is 0.400. The Bertz CT molecular complexity index is 255. The maximum Gasteiger partial charge on any atom is 0.0624 e. The maximum absolute atomic E-state index is 8.84. The largest absolute Gasteiger partial charge is 0.394 e. The van der Waals surface area contributed by atoms with E-state index in [-0.39, 0.29) is 25.1 Å². The van der Waals surface area contributed by atoms with Crippen molar-refractivity contribution in [1.82, 2.24) is 0 Å². The van der Waals surface area contributed by atoms with Crippen molar-refractivity contribution in [2.45, 2.75) is 19.9 Å². The van der Waals surface area contributed by atoms with Gasteiger partial charge in [-0.1, -0.05) is 29.3 Å². The summed E-state index contributed by atoms with van der Waals surface area (Å²) in [6, 6.07) is 5.86. The van der Waals surface area contributed by atoms with Gasteiger partial charge in [-0.15, -0.1) is 12.4 Å². The molecular formula is C10H16ClNO. The summed E-state index contributed by atoms with van der Waals surface area (Å²) in [5.74, 6) is 0. The first kappa shape index (κ1) is 12.4. The van der Waals surface area contributed by atoms with Gasteiger partial charge in [0.1, 0.15) is 0 Å². The third-order valence-electron chi connectivity index (χ3n) is 1.87. The Hall–Kier alpha value is -0.570. The second-order valence-corrected chi connectivity index (χ2v) is 3.21. The van der Waals surface area contributed by atoms with Crippen LogP contribution in [-0.4, -0.2) is 11.7 Å². The van der Waals surface area contributed by atoms with E-state index in [9.17, 15) is 0 Å². The molecule has 13 heavy (non-hydrogen) atoms. The van der Waals surface area contributed by atoms with Crippen molar-refractivity contribution >= 4 is 12.4 Å². The van der Waals surface area contributed by atoms with E-state index in [0.29, 0.717) is 0 Å². The number of aliphatic hydroxyl groups excluding tert-OH is 1. The second-order valence-electron chi connectivity index (χ2n) is 3.21. The van der Waals surface area contributed by atoms with Crippen LogP contribution in [0, 0.1) is 13.8 Å². The Balaban J connectivity index is 0.00000144. The van der Waals surface area contributed by atoms with E-state index in [1.807, 2.05) is 26.0 Å². The van der Waals surface area contributed by atoms with Gasteiger partial charge in [0.2, 0.25) is 0 Å². The zero-order valence-corrected chi connectivity index (χ0v) is 8.77. The topological polar surface area (TPSA) is 46.2 Å². The molecule has 1 rings (SSSR count). The molecule has 0 fully saturated rings. The first-order valence-electron chi connectivity index (χ1n) is 4.08. The fourth-order valence-electron chi connectivity index (χ4n) is 1.33. The van der Waals surface area contributed by atoms with Crippen LogP contribution in [-0.2, 0) is 0 Å². The molecule has 0 unspecified atom stereocenters. The number of hydrogen-bond acceptors (Lipinski definition) is 2. The van der Waals surface area contributed by atoms with Crippen LogP contribution < -0.4 is 5.73 Å². The van der Waals surface area contributed by atoms with Crippen LogP contribution in [0.5, 0.6) is 0 Å². The quantitative estimate of drug-likeness (QED) is 0.766. The second kappa shape index (κ2) is 5.22. The van der Waals surface area contributed by atoms with Crippen molar-refractivity contribution in [2.24, 2.45) is 5.73 Å². The summed E-state index contributed by atoms with van der Waals surface area (Å²) in [6.45, 7) is 4.06. The molecule has 0 bridgehead atoms. The Labute approximate surface area is 85.2 Å². The number of halogens is 1. The van der Waals surface area contributed by atoms with E-state index < -0.39 is 0 Å². The number of nitrogens with two attached hydrogens (primary N) is 1. The lowest BCUT2D eigenvalue weighted by atomic mass is 10.0. The molecule has 0 amide bonds. The Morgan fingerprint density at radius 2 is 1.69 bits per heavy atom. The average molecular weight is 202 g/mol. The minimum Gasteiger partial charge on any atom is -0.394 e. The summed E-state index contributed by atoms with van der Waals surface area (Å²) >= 11 is 0. The van der Waals surface area contributed by atoms with E-state index in [1.165, 1.54) is 11.1 Å². The van der Waals surface area contributed by atoms with Gasteiger partial charge in [-0.2, -0.15) is 0 Å². The number of aliphatic hydroxyl groups is 1. The zero-order chi connectivity index (χ0) is 9.14. The summed E-state index contributed by atoms with van der Waals surface area (Å²) in [7, 11) is 0. The number of aryl methyl sites for hydroxylation is 2. The van der Waals surface area contributed by atoms with Crippen LogP contribution in [0.25, 0.3) is 0 Å². The van der Waals surface area contributed by atoms with E-state index in [0.717, 1.165) is 5.56 Å². The molecule has 3 N–H and O–H groups in total. The SMILES string of the molecule is Cc1cc(C)cc([C@@H](N)CO)c1.Cl. The lowest BCUT2D eigenvalue weighted by molar-refractivity contribution is 0.268. The summed E-state index contributed by atoms with van der Waals surface area (Å²) in [5, 5.41) is 8.84. The molecular weight excluding hydrogens is 186 g/mol. The number of rotatable bonds is 2. The van der Waals surface area contributed by atoms with E-state index >= 15 is 0 Å². The molecule has 0 saturated heterocycles. The monoisotopic (exact) mass is 201 g/mol. The first-order valence-corrected chi connectivity index (χ1v) is 4.08. The van der Waals surface area contributed by atoms with Crippen LogP contribution in [0.4, 0.5) is 0 Å². The van der Waals surface area contributed by atoms with Gasteiger partial charge < -0.3 is 10.8 Å². The molecule has 1 aromatic rings. The molecule has 1 atom stereocenters. The molecule has 1 aromatic carbocycles. The third kappa shape index (κ3) is 3.35. The number of benzene rings is 1. The smallest absolute Gasteiger partial charge is 0.0624 e. The Kier molecular flexibility index (Phi) is 4.99. The molecule has 0 radical (unpaired) electrons. The number of hydrogen-bond donors (Lipinski definition) is 2. The minimum absolute atomic E-state index is 0. The molecule has 0 aromatic heterocycles. The highest BCUT2D eigenvalue weighted by Crippen LogP contribution is 2.14. The maximum atomic E-state index is 8.84. The molecule has 0 aliphatic carbocycles. The average Bonchev–Trinajstić information content (AvgIpc) is 2.01. The van der Waals surface area contributed by atoms with Gasteiger partial charge >= 0.3 is 0 Å². The van der Waals surface area contributed by atoms with Gasteiger partial charge in [-0.05, 0) is 19.4 Å². The predicted octanol–water partition coefficient (Wildman–Crippen LogP) is 1.72. The zero-order valence-electron chi connectivity index (χ0n) is 7.95. The highest BCUT2D eigenvalue weighted by molar-refractivity contribution is 5.85. The highest BCUT2D eigenvalue weighted by atomic mass is 35.5. The fourth-order valence-corrected chi connectivity index (χ4v) is 1.33. The van der Waals surface area contributed by atoms with E-state index in [4.69, 9.17) is 10.8 Å². The molecule has 0 saturated carbocycles. The first-order chi connectivity index (χ1) is 5.63. The van der Waals surface area contributed by atoms with Crippen molar-refractivity contribution in [2.75, 3.05) is 6.61 Å². The minimum atomic E-state index is -0.247. The van der Waals surface area contributed by atoms with Crippen LogP contribution in [0.15, 0.2) is 18.2 Å². The van der Waals surface area contributed by atoms with Crippen LogP contribution in [0.1, 0.15) is 22.7 Å². The van der Waals surface area contributed by atoms with Crippen molar-refractivity contribution in [3.8, 4) is 0 Å². The Morgan fingerprint density at radius 3 is 2.08 bits per heavy atom. The molecule has 74 valence electrons. The van der Waals surface area contributed by atoms with Gasteiger partial charge in [0, 0.05) is 0 Å². The standard InChI is InChI=1S/C10H15NO.ClH/c1-7-3-8(2)5-9(4-7)10(11)6-12;/h3-5,10,12H,6,11H2,1-2H3;1H/t10-;/m0./s1. The molecule has 0 aliphatic heterocycles. The van der Waals surface area contributed by atoms with Crippen molar-refractivity contribution in [3.05, 3.63) is 34.9 Å². The van der Waals surface area contributed by atoms with Gasteiger partial charge in [0.25, 0.3) is 0 Å². The predicted molar refractivity (Wildman–Crippen MR) is 57.2 cm³/mol. The molecule has 0 aliphatic rings. The molecule has 3 heteroatoms. The van der Waals surface area contributed by atoms with Gasteiger partial charge in [0.15, 0.2) is 0 Å². The van der Waals surface area contributed by atoms with E-state index in [1.54, 1.807) is 0 Å². The van der Waals surface area contributed by atoms with Gasteiger partial charge in [-0.25, -0.2) is 0 Å². The lowest BCUT2D eigenvalue weighted by Gasteiger charge is -2.10. The van der Waals surface area contributed by atoms with Crippen LogP contribution in [0.2, 0.25) is 0 Å². The lowest BCUT2D eigenvalue weighted by Crippen LogP contribution is -2.14. The summed E-state index contributed by atoms with van der Waals surface area (Å²) in [5.41, 5.74) is 9.07. The Morgan fingerprint density at radius 1 is 1.23 bits per heavy atom. The van der Waals surface area contributed by atoms with Crippen molar-refractivity contribution in [3.63, 3.8) is 0 Å². The summed E-state index contributed by atoms with van der Waals surface area (Å²) in [4.78, 5) is 0. The van der Waals surface area contributed by atoms with Crippen molar-refractivity contribution in [1.29, 1.82) is 0 Å². The summed E-state index contributed by atoms with van der Waals surface area (Å²) < 4.78 is 0. The van der Waals surface area contributed by atoms with Gasteiger partial charge in [0.05, 0.1) is 12.6 Å². The van der Waals surface area contributed by atoms with E-state index in [2.05, 4.69) is 6.07 Å². The highest BCUT2D eigenvalue weighted by Gasteiger charge is 2.04. The van der Waals surface area contributed by atoms with Crippen molar-refractivity contribution < 1.29 is 5.11 Å². The third-order valence-corrected chi connectivity index (χ3v) is 1.87. The van der Waals surface area contributed by atoms with Crippen LogP contribution in [0.3, 0.4) is 0 Å². The molecule has 0 spiro atoms. The molecule has 0 heterocycles. The molecule has 2 nitrogen and oxygen atoms in total. The summed E-state index contributed by atoms with van der Waals surface area (Å²) in [6.07, 6.45) is 0.